The standard InChI is InChI=1S/C24H28N2O4/c1-26-13-10-17-16-19(4-9-22(17)26)24(23(27)29-3,18-11-14-30-15-12-18)25-20-5-7-21(28-2)8-6-20/h4-10,13,16,18,25H,11-12,14-15H2,1-3H3/t24-/m0/s1. The number of esters is 1. The van der Waals surface area contributed by atoms with Gasteiger partial charge >= 0.3 is 5.97 Å². The zero-order chi connectivity index (χ0) is 21.1. The van der Waals surface area contributed by atoms with Gasteiger partial charge in [-0.3, -0.25) is 0 Å². The first-order chi connectivity index (χ1) is 14.6. The molecule has 1 fully saturated rings. The first-order valence-corrected chi connectivity index (χ1v) is 10.2. The van der Waals surface area contributed by atoms with Crippen LogP contribution in [0.15, 0.2) is 54.7 Å². The van der Waals surface area contributed by atoms with E-state index in [-0.39, 0.29) is 11.9 Å². The van der Waals surface area contributed by atoms with Gasteiger partial charge in [-0.15, -0.1) is 0 Å². The van der Waals surface area contributed by atoms with Crippen LogP contribution < -0.4 is 10.1 Å². The number of rotatable bonds is 6. The number of hydrogen-bond acceptors (Lipinski definition) is 5. The summed E-state index contributed by atoms with van der Waals surface area (Å²) >= 11 is 0. The van der Waals surface area contributed by atoms with Crippen molar-refractivity contribution in [1.29, 1.82) is 0 Å². The van der Waals surface area contributed by atoms with Crippen molar-refractivity contribution in [3.05, 3.63) is 60.3 Å². The van der Waals surface area contributed by atoms with Crippen LogP contribution >= 0.6 is 0 Å². The Bertz CT molecular complexity index is 1020. The number of ether oxygens (including phenoxy) is 3. The quantitative estimate of drug-likeness (QED) is 0.623. The lowest BCUT2D eigenvalue weighted by atomic mass is 9.73. The third-order valence-electron chi connectivity index (χ3n) is 6.11. The molecular weight excluding hydrogens is 380 g/mol. The Kier molecular flexibility index (Phi) is 5.68. The van der Waals surface area contributed by atoms with Crippen LogP contribution in [-0.2, 0) is 26.9 Å². The fourth-order valence-electron chi connectivity index (χ4n) is 4.47. The SMILES string of the molecule is COC(=O)[C@@](Nc1ccc(OC)cc1)(c1ccc2c(ccn2C)c1)C1CCOCC1. The molecule has 0 aliphatic carbocycles. The maximum Gasteiger partial charge on any atom is 0.336 e. The van der Waals surface area contributed by atoms with E-state index in [2.05, 4.69) is 28.1 Å². The zero-order valence-electron chi connectivity index (χ0n) is 17.7. The van der Waals surface area contributed by atoms with Gasteiger partial charge in [-0.25, -0.2) is 4.79 Å². The maximum absolute atomic E-state index is 13.4. The van der Waals surface area contributed by atoms with Crippen LogP contribution in [0, 0.1) is 5.92 Å². The molecule has 0 unspecified atom stereocenters. The Morgan fingerprint density at radius 2 is 1.83 bits per heavy atom. The molecule has 0 amide bonds. The Morgan fingerprint density at radius 1 is 1.10 bits per heavy atom. The van der Waals surface area contributed by atoms with E-state index in [1.165, 1.54) is 7.11 Å². The van der Waals surface area contributed by atoms with Crippen LogP contribution in [-0.4, -0.2) is 38.0 Å². The number of anilines is 1. The summed E-state index contributed by atoms with van der Waals surface area (Å²) in [7, 11) is 5.11. The summed E-state index contributed by atoms with van der Waals surface area (Å²) < 4.78 is 18.3. The summed E-state index contributed by atoms with van der Waals surface area (Å²) in [4.78, 5) is 13.4. The Labute approximate surface area is 176 Å². The van der Waals surface area contributed by atoms with E-state index in [1.54, 1.807) is 7.11 Å². The largest absolute Gasteiger partial charge is 0.497 e. The molecule has 6 nitrogen and oxygen atoms in total. The number of methoxy groups -OCH3 is 2. The van der Waals surface area contributed by atoms with Crippen LogP contribution in [0.25, 0.3) is 10.9 Å². The first-order valence-electron chi connectivity index (χ1n) is 10.2. The Morgan fingerprint density at radius 3 is 2.50 bits per heavy atom. The van der Waals surface area contributed by atoms with Gasteiger partial charge in [0.15, 0.2) is 5.54 Å². The predicted molar refractivity (Wildman–Crippen MR) is 117 cm³/mol. The van der Waals surface area contributed by atoms with Crippen molar-refractivity contribution in [1.82, 2.24) is 4.57 Å². The van der Waals surface area contributed by atoms with Gasteiger partial charge in [-0.1, -0.05) is 6.07 Å². The smallest absolute Gasteiger partial charge is 0.336 e. The molecule has 1 aromatic heterocycles. The van der Waals surface area contributed by atoms with E-state index < -0.39 is 5.54 Å². The minimum atomic E-state index is -1.02. The van der Waals surface area contributed by atoms with Crippen molar-refractivity contribution in [2.75, 3.05) is 32.8 Å². The molecule has 2 heterocycles. The highest BCUT2D eigenvalue weighted by atomic mass is 16.5. The molecule has 2 aromatic carbocycles. The second-order valence-electron chi connectivity index (χ2n) is 7.74. The number of hydrogen-bond donors (Lipinski definition) is 1. The van der Waals surface area contributed by atoms with Crippen molar-refractivity contribution < 1.29 is 19.0 Å². The summed E-state index contributed by atoms with van der Waals surface area (Å²) in [5.74, 6) is 0.503. The minimum absolute atomic E-state index is 0.0296. The summed E-state index contributed by atoms with van der Waals surface area (Å²) in [6.07, 6.45) is 3.57. The average Bonchev–Trinajstić information content (AvgIpc) is 3.18. The number of aromatic nitrogens is 1. The van der Waals surface area contributed by atoms with Gasteiger partial charge in [0.1, 0.15) is 5.75 Å². The molecule has 1 aliphatic heterocycles. The predicted octanol–water partition coefficient (Wildman–Crippen LogP) is 4.09. The van der Waals surface area contributed by atoms with Crippen LogP contribution in [0.1, 0.15) is 18.4 Å². The number of fused-ring (bicyclic) bond motifs is 1. The van der Waals surface area contributed by atoms with Gasteiger partial charge in [-0.2, -0.15) is 0 Å². The summed E-state index contributed by atoms with van der Waals surface area (Å²) in [6.45, 7) is 1.25. The highest BCUT2D eigenvalue weighted by molar-refractivity contribution is 5.90. The van der Waals surface area contributed by atoms with Crippen molar-refractivity contribution in [2.24, 2.45) is 13.0 Å². The fourth-order valence-corrected chi connectivity index (χ4v) is 4.47. The van der Waals surface area contributed by atoms with Gasteiger partial charge in [0.2, 0.25) is 0 Å². The third kappa shape index (κ3) is 3.52. The summed E-state index contributed by atoms with van der Waals surface area (Å²) in [5, 5.41) is 4.65. The highest BCUT2D eigenvalue weighted by Crippen LogP contribution is 2.41. The lowest BCUT2D eigenvalue weighted by Gasteiger charge is -2.42. The molecule has 3 aromatic rings. The number of carbonyl (C=O) groups is 1. The van der Waals surface area contributed by atoms with E-state index >= 15 is 0 Å². The monoisotopic (exact) mass is 408 g/mol. The number of aryl methyl sites for hydroxylation is 1. The Hall–Kier alpha value is -2.99. The number of carbonyl (C=O) groups excluding carboxylic acids is 1. The molecule has 6 heteroatoms. The van der Waals surface area contributed by atoms with Gasteiger partial charge in [-0.05, 0) is 66.3 Å². The number of nitrogens with zero attached hydrogens (tertiary/aromatic N) is 1. The maximum atomic E-state index is 13.4. The number of benzene rings is 2. The molecule has 1 saturated heterocycles. The highest BCUT2D eigenvalue weighted by Gasteiger charge is 2.49. The minimum Gasteiger partial charge on any atom is -0.497 e. The van der Waals surface area contributed by atoms with Crippen LogP contribution in [0.4, 0.5) is 5.69 Å². The fraction of sp³-hybridized carbons (Fsp3) is 0.375. The topological polar surface area (TPSA) is 61.7 Å². The van der Waals surface area contributed by atoms with Gasteiger partial charge < -0.3 is 24.1 Å². The first kappa shape index (κ1) is 20.3. The zero-order valence-corrected chi connectivity index (χ0v) is 17.7. The van der Waals surface area contributed by atoms with E-state index in [4.69, 9.17) is 14.2 Å². The van der Waals surface area contributed by atoms with Crippen molar-refractivity contribution in [3.8, 4) is 5.75 Å². The summed E-state index contributed by atoms with van der Waals surface area (Å²) in [6, 6.07) is 15.9. The number of nitrogens with one attached hydrogen (secondary N) is 1. The van der Waals surface area contributed by atoms with Crippen LogP contribution in [0.5, 0.6) is 5.75 Å². The molecule has 158 valence electrons. The lowest BCUT2D eigenvalue weighted by molar-refractivity contribution is -0.150. The van der Waals surface area contributed by atoms with Gasteiger partial charge in [0.25, 0.3) is 0 Å². The molecule has 1 aliphatic rings. The van der Waals surface area contributed by atoms with E-state index in [0.29, 0.717) is 13.2 Å². The van der Waals surface area contributed by atoms with Crippen LogP contribution in [0.3, 0.4) is 0 Å². The molecule has 0 spiro atoms. The molecule has 0 saturated carbocycles. The molecule has 0 bridgehead atoms. The molecule has 1 atom stereocenters. The van der Waals surface area contributed by atoms with Crippen molar-refractivity contribution in [3.63, 3.8) is 0 Å². The van der Waals surface area contributed by atoms with Crippen LogP contribution in [0.2, 0.25) is 0 Å². The third-order valence-corrected chi connectivity index (χ3v) is 6.11. The molecule has 0 radical (unpaired) electrons. The second kappa shape index (κ2) is 8.40. The Balaban J connectivity index is 1.86. The lowest BCUT2D eigenvalue weighted by Crippen LogP contribution is -2.52. The normalized spacial score (nSPS) is 16.8. The van der Waals surface area contributed by atoms with E-state index in [9.17, 15) is 4.79 Å². The van der Waals surface area contributed by atoms with Crippen molar-refractivity contribution >= 4 is 22.6 Å². The summed E-state index contributed by atoms with van der Waals surface area (Å²) in [5.41, 5.74) is 1.84. The molecule has 1 N–H and O–H groups in total. The van der Waals surface area contributed by atoms with E-state index in [0.717, 1.165) is 40.7 Å². The van der Waals surface area contributed by atoms with Gasteiger partial charge in [0, 0.05) is 43.6 Å². The second-order valence-corrected chi connectivity index (χ2v) is 7.74. The molecular formula is C24H28N2O4. The molecule has 4 rings (SSSR count). The van der Waals surface area contributed by atoms with E-state index in [1.807, 2.05) is 43.6 Å². The van der Waals surface area contributed by atoms with Crippen molar-refractivity contribution in [2.45, 2.75) is 18.4 Å². The average molecular weight is 408 g/mol. The van der Waals surface area contributed by atoms with Gasteiger partial charge in [0.05, 0.1) is 14.2 Å². The molecule has 30 heavy (non-hydrogen) atoms.